The minimum absolute atomic E-state index is 0.106. The standard InChI is InChI=1S/C23H22BrClN2O6S/c1-31-20-9-7-16(25)12-19(20)27(14-23(28)26-17-6-4-5-15(24)11-17)34(29,30)18-8-10-21(32-2)22(13-18)33-3/h4-13H,14H2,1-3H3,(H,26,28). The normalized spacial score (nSPS) is 11.0. The number of hydrogen-bond acceptors (Lipinski definition) is 6. The lowest BCUT2D eigenvalue weighted by Crippen LogP contribution is -2.38. The van der Waals surface area contributed by atoms with Crippen LogP contribution in [0.4, 0.5) is 11.4 Å². The number of halogens is 2. The lowest BCUT2D eigenvalue weighted by atomic mass is 10.3. The van der Waals surface area contributed by atoms with Gasteiger partial charge in [0, 0.05) is 21.2 Å². The first-order chi connectivity index (χ1) is 16.2. The maximum absolute atomic E-state index is 13.8. The number of benzene rings is 3. The van der Waals surface area contributed by atoms with E-state index in [9.17, 15) is 13.2 Å². The van der Waals surface area contributed by atoms with Gasteiger partial charge in [-0.2, -0.15) is 0 Å². The molecule has 0 spiro atoms. The van der Waals surface area contributed by atoms with E-state index in [1.807, 2.05) is 0 Å². The lowest BCUT2D eigenvalue weighted by Gasteiger charge is -2.26. The molecule has 34 heavy (non-hydrogen) atoms. The van der Waals surface area contributed by atoms with Crippen molar-refractivity contribution < 1.29 is 27.4 Å². The van der Waals surface area contributed by atoms with E-state index < -0.39 is 22.5 Å². The van der Waals surface area contributed by atoms with Crippen LogP contribution in [0.1, 0.15) is 0 Å². The van der Waals surface area contributed by atoms with Gasteiger partial charge in [0.2, 0.25) is 5.91 Å². The molecule has 8 nitrogen and oxygen atoms in total. The van der Waals surface area contributed by atoms with Gasteiger partial charge in [0.15, 0.2) is 11.5 Å². The third kappa shape index (κ3) is 5.75. The first-order valence-corrected chi connectivity index (χ1v) is 12.4. The molecule has 0 aliphatic heterocycles. The van der Waals surface area contributed by atoms with E-state index >= 15 is 0 Å². The number of carbonyl (C=O) groups excluding carboxylic acids is 1. The fraction of sp³-hybridized carbons (Fsp3) is 0.174. The maximum atomic E-state index is 13.8. The summed E-state index contributed by atoms with van der Waals surface area (Å²) in [6.07, 6.45) is 0. The van der Waals surface area contributed by atoms with E-state index in [1.165, 1.54) is 51.7 Å². The second-order valence-corrected chi connectivity index (χ2v) is 10.1. The monoisotopic (exact) mass is 568 g/mol. The van der Waals surface area contributed by atoms with Gasteiger partial charge in [0.1, 0.15) is 12.3 Å². The summed E-state index contributed by atoms with van der Waals surface area (Å²) in [5.41, 5.74) is 0.607. The summed E-state index contributed by atoms with van der Waals surface area (Å²) in [4.78, 5) is 12.8. The predicted molar refractivity (Wildman–Crippen MR) is 135 cm³/mol. The van der Waals surface area contributed by atoms with Gasteiger partial charge in [-0.1, -0.05) is 33.6 Å². The van der Waals surface area contributed by atoms with Gasteiger partial charge in [0.25, 0.3) is 10.0 Å². The van der Waals surface area contributed by atoms with Crippen LogP contribution in [0.5, 0.6) is 17.2 Å². The Balaban J connectivity index is 2.08. The van der Waals surface area contributed by atoms with Crippen molar-refractivity contribution in [1.29, 1.82) is 0 Å². The Morgan fingerprint density at radius 1 is 0.941 bits per heavy atom. The summed E-state index contributed by atoms with van der Waals surface area (Å²) in [7, 11) is -0.0231. The molecule has 180 valence electrons. The fourth-order valence-corrected chi connectivity index (χ4v) is 5.16. The first kappa shape index (κ1) is 25.7. The molecular weight excluding hydrogens is 548 g/mol. The zero-order chi connectivity index (χ0) is 24.9. The SMILES string of the molecule is COc1ccc(S(=O)(=O)N(CC(=O)Nc2cccc(Br)c2)c2cc(Cl)ccc2OC)cc1OC. The second-order valence-electron chi connectivity index (χ2n) is 6.90. The molecule has 0 radical (unpaired) electrons. The Morgan fingerprint density at radius 3 is 2.26 bits per heavy atom. The summed E-state index contributed by atoms with van der Waals surface area (Å²) in [5, 5.41) is 2.98. The molecular formula is C23H22BrClN2O6S. The molecule has 0 aliphatic carbocycles. The second kappa shape index (κ2) is 11.0. The van der Waals surface area contributed by atoms with Crippen LogP contribution in [-0.2, 0) is 14.8 Å². The highest BCUT2D eigenvalue weighted by Crippen LogP contribution is 2.37. The number of amides is 1. The van der Waals surface area contributed by atoms with E-state index in [1.54, 1.807) is 30.3 Å². The van der Waals surface area contributed by atoms with Crippen LogP contribution in [0.2, 0.25) is 5.02 Å². The molecule has 0 bridgehead atoms. The molecule has 0 aromatic heterocycles. The smallest absolute Gasteiger partial charge is 0.265 e. The number of nitrogens with one attached hydrogen (secondary N) is 1. The average Bonchev–Trinajstić information content (AvgIpc) is 2.81. The van der Waals surface area contributed by atoms with Crippen LogP contribution in [0.25, 0.3) is 0 Å². The van der Waals surface area contributed by atoms with Gasteiger partial charge in [0.05, 0.1) is 31.9 Å². The Labute approximate surface area is 211 Å². The highest BCUT2D eigenvalue weighted by molar-refractivity contribution is 9.10. The highest BCUT2D eigenvalue weighted by Gasteiger charge is 2.30. The molecule has 0 saturated carbocycles. The van der Waals surface area contributed by atoms with E-state index in [2.05, 4.69) is 21.2 Å². The number of anilines is 2. The summed E-state index contributed by atoms with van der Waals surface area (Å²) in [6.45, 7) is -0.542. The summed E-state index contributed by atoms with van der Waals surface area (Å²) in [5.74, 6) is 0.244. The number of hydrogen-bond donors (Lipinski definition) is 1. The fourth-order valence-electron chi connectivity index (χ4n) is 3.16. The molecule has 3 aromatic rings. The van der Waals surface area contributed by atoms with Crippen molar-refractivity contribution in [3.05, 3.63) is 70.2 Å². The van der Waals surface area contributed by atoms with E-state index in [4.69, 9.17) is 25.8 Å². The Hall–Kier alpha value is -2.95. The van der Waals surface area contributed by atoms with E-state index in [0.29, 0.717) is 11.4 Å². The minimum atomic E-state index is -4.27. The number of carbonyl (C=O) groups is 1. The van der Waals surface area contributed by atoms with Crippen molar-refractivity contribution in [2.24, 2.45) is 0 Å². The van der Waals surface area contributed by atoms with Crippen LogP contribution in [-0.4, -0.2) is 42.2 Å². The molecule has 1 N–H and O–H groups in total. The molecule has 0 heterocycles. The number of ether oxygens (including phenoxy) is 3. The van der Waals surface area contributed by atoms with Crippen LogP contribution in [0.15, 0.2) is 70.0 Å². The average molecular weight is 570 g/mol. The van der Waals surface area contributed by atoms with Crippen molar-refractivity contribution in [3.63, 3.8) is 0 Å². The molecule has 11 heteroatoms. The highest BCUT2D eigenvalue weighted by atomic mass is 79.9. The summed E-state index contributed by atoms with van der Waals surface area (Å²) < 4.78 is 45.0. The summed E-state index contributed by atoms with van der Waals surface area (Å²) in [6, 6.07) is 15.6. The number of sulfonamides is 1. The molecule has 1 amide bonds. The van der Waals surface area contributed by atoms with Gasteiger partial charge in [-0.3, -0.25) is 9.10 Å². The molecule has 0 atom stereocenters. The van der Waals surface area contributed by atoms with Gasteiger partial charge >= 0.3 is 0 Å². The molecule has 0 unspecified atom stereocenters. The maximum Gasteiger partial charge on any atom is 0.265 e. The van der Waals surface area contributed by atoms with E-state index in [-0.39, 0.29) is 27.1 Å². The molecule has 0 saturated heterocycles. The van der Waals surface area contributed by atoms with Gasteiger partial charge in [-0.05, 0) is 48.5 Å². The number of rotatable bonds is 9. The zero-order valence-corrected chi connectivity index (χ0v) is 21.7. The van der Waals surface area contributed by atoms with Crippen molar-refractivity contribution in [1.82, 2.24) is 0 Å². The quantitative estimate of drug-likeness (QED) is 0.391. The van der Waals surface area contributed by atoms with Crippen molar-refractivity contribution in [2.75, 3.05) is 37.5 Å². The Bertz CT molecular complexity index is 1300. The Morgan fingerprint density at radius 2 is 1.62 bits per heavy atom. The van der Waals surface area contributed by atoms with Crippen LogP contribution >= 0.6 is 27.5 Å². The third-order valence-electron chi connectivity index (χ3n) is 4.75. The van der Waals surface area contributed by atoms with Crippen molar-refractivity contribution in [3.8, 4) is 17.2 Å². The number of nitrogens with zero attached hydrogens (tertiary/aromatic N) is 1. The van der Waals surface area contributed by atoms with Crippen molar-refractivity contribution >= 4 is 54.8 Å². The molecule has 3 aromatic carbocycles. The molecule has 0 fully saturated rings. The van der Waals surface area contributed by atoms with Crippen LogP contribution in [0.3, 0.4) is 0 Å². The van der Waals surface area contributed by atoms with Crippen LogP contribution in [0, 0.1) is 0 Å². The minimum Gasteiger partial charge on any atom is -0.495 e. The van der Waals surface area contributed by atoms with Gasteiger partial charge in [-0.15, -0.1) is 0 Å². The van der Waals surface area contributed by atoms with Gasteiger partial charge < -0.3 is 19.5 Å². The predicted octanol–water partition coefficient (Wildman–Crippen LogP) is 4.96. The van der Waals surface area contributed by atoms with Gasteiger partial charge in [-0.25, -0.2) is 8.42 Å². The van der Waals surface area contributed by atoms with Crippen LogP contribution < -0.4 is 23.8 Å². The third-order valence-corrected chi connectivity index (χ3v) is 7.23. The topological polar surface area (TPSA) is 94.2 Å². The number of methoxy groups -OCH3 is 3. The summed E-state index contributed by atoms with van der Waals surface area (Å²) >= 11 is 9.51. The zero-order valence-electron chi connectivity index (χ0n) is 18.5. The van der Waals surface area contributed by atoms with Crippen molar-refractivity contribution in [2.45, 2.75) is 4.90 Å². The largest absolute Gasteiger partial charge is 0.495 e. The lowest BCUT2D eigenvalue weighted by molar-refractivity contribution is -0.114. The molecule has 0 aliphatic rings. The Kier molecular flexibility index (Phi) is 8.29. The first-order valence-electron chi connectivity index (χ1n) is 9.83. The van der Waals surface area contributed by atoms with E-state index in [0.717, 1.165) is 8.78 Å². The molecule has 3 rings (SSSR count).